The predicted octanol–water partition coefficient (Wildman–Crippen LogP) is 3.75. The molecule has 0 aliphatic heterocycles. The fourth-order valence-electron chi connectivity index (χ4n) is 1.82. The number of benzene rings is 2. The molecule has 104 valence electrons. The topological polar surface area (TPSA) is 63.3 Å². The fraction of sp³-hybridized carbons (Fsp3) is 0.188. The van der Waals surface area contributed by atoms with Crippen LogP contribution in [-0.2, 0) is 10.5 Å². The summed E-state index contributed by atoms with van der Waals surface area (Å²) in [7, 11) is 0. The lowest BCUT2D eigenvalue weighted by molar-refractivity contribution is -0.138. The summed E-state index contributed by atoms with van der Waals surface area (Å²) in [5.74, 6) is -0.428. The number of carboxylic acid groups (broad SMARTS) is 1. The van der Waals surface area contributed by atoms with Gasteiger partial charge in [-0.2, -0.15) is 0 Å². The van der Waals surface area contributed by atoms with Gasteiger partial charge in [0.1, 0.15) is 0 Å². The van der Waals surface area contributed by atoms with Crippen LogP contribution in [0, 0.1) is 0 Å². The lowest BCUT2D eigenvalue weighted by Crippen LogP contribution is -2.07. The number of anilines is 1. The molecule has 0 radical (unpaired) electrons. The SMILES string of the molecule is CC(C(=O)O)c1ccc(CSc2cccc(N)c2)cc1. The molecule has 0 spiro atoms. The second-order valence-electron chi connectivity index (χ2n) is 4.66. The molecule has 0 fully saturated rings. The third kappa shape index (κ3) is 3.78. The van der Waals surface area contributed by atoms with Gasteiger partial charge in [-0.05, 0) is 36.2 Å². The normalized spacial score (nSPS) is 12.1. The first-order chi connectivity index (χ1) is 9.56. The molecule has 0 heterocycles. The van der Waals surface area contributed by atoms with Crippen molar-refractivity contribution in [2.75, 3.05) is 5.73 Å². The monoisotopic (exact) mass is 287 g/mol. The van der Waals surface area contributed by atoms with Crippen LogP contribution in [0.2, 0.25) is 0 Å². The van der Waals surface area contributed by atoms with Crippen molar-refractivity contribution in [3.63, 3.8) is 0 Å². The number of nitrogen functional groups attached to an aromatic ring is 1. The second kappa shape index (κ2) is 6.48. The van der Waals surface area contributed by atoms with Crippen molar-refractivity contribution >= 4 is 23.4 Å². The minimum Gasteiger partial charge on any atom is -0.481 e. The molecule has 0 saturated carbocycles. The number of hydrogen-bond donors (Lipinski definition) is 2. The van der Waals surface area contributed by atoms with Gasteiger partial charge in [0, 0.05) is 16.3 Å². The van der Waals surface area contributed by atoms with Crippen molar-refractivity contribution in [3.05, 3.63) is 59.7 Å². The quantitative estimate of drug-likeness (QED) is 0.649. The molecule has 3 N–H and O–H groups in total. The van der Waals surface area contributed by atoms with Crippen LogP contribution < -0.4 is 5.73 Å². The lowest BCUT2D eigenvalue weighted by atomic mass is 10.0. The van der Waals surface area contributed by atoms with Gasteiger partial charge in [-0.25, -0.2) is 0 Å². The summed E-state index contributed by atoms with van der Waals surface area (Å²) in [6.07, 6.45) is 0. The van der Waals surface area contributed by atoms with Crippen LogP contribution in [0.15, 0.2) is 53.4 Å². The van der Waals surface area contributed by atoms with E-state index in [9.17, 15) is 4.79 Å². The maximum Gasteiger partial charge on any atom is 0.310 e. The van der Waals surface area contributed by atoms with Gasteiger partial charge in [0.2, 0.25) is 0 Å². The third-order valence-corrected chi connectivity index (χ3v) is 4.18. The van der Waals surface area contributed by atoms with E-state index in [0.717, 1.165) is 21.9 Å². The minimum absolute atomic E-state index is 0.467. The molecule has 0 bridgehead atoms. The average molecular weight is 287 g/mol. The van der Waals surface area contributed by atoms with Crippen molar-refractivity contribution in [1.82, 2.24) is 0 Å². The van der Waals surface area contributed by atoms with E-state index in [0.29, 0.717) is 0 Å². The Morgan fingerprint density at radius 1 is 1.25 bits per heavy atom. The molecular formula is C16H17NO2S. The van der Waals surface area contributed by atoms with Crippen LogP contribution >= 0.6 is 11.8 Å². The largest absolute Gasteiger partial charge is 0.481 e. The van der Waals surface area contributed by atoms with E-state index in [2.05, 4.69) is 0 Å². The number of carboxylic acids is 1. The van der Waals surface area contributed by atoms with E-state index < -0.39 is 11.9 Å². The molecular weight excluding hydrogens is 270 g/mol. The van der Waals surface area contributed by atoms with Crippen molar-refractivity contribution < 1.29 is 9.90 Å². The van der Waals surface area contributed by atoms with Gasteiger partial charge in [0.05, 0.1) is 5.92 Å². The molecule has 1 unspecified atom stereocenters. The zero-order valence-electron chi connectivity index (χ0n) is 11.2. The van der Waals surface area contributed by atoms with Crippen LogP contribution in [0.4, 0.5) is 5.69 Å². The Balaban J connectivity index is 1.99. The number of rotatable bonds is 5. The fourth-order valence-corrected chi connectivity index (χ4v) is 2.74. The summed E-state index contributed by atoms with van der Waals surface area (Å²) in [6.45, 7) is 1.69. The molecule has 0 aliphatic carbocycles. The van der Waals surface area contributed by atoms with E-state index >= 15 is 0 Å². The van der Waals surface area contributed by atoms with E-state index in [1.54, 1.807) is 18.7 Å². The maximum absolute atomic E-state index is 10.9. The van der Waals surface area contributed by atoms with Gasteiger partial charge in [0.15, 0.2) is 0 Å². The molecule has 0 saturated heterocycles. The average Bonchev–Trinajstić information content (AvgIpc) is 2.45. The van der Waals surface area contributed by atoms with Crippen LogP contribution in [0.5, 0.6) is 0 Å². The molecule has 1 atom stereocenters. The van der Waals surface area contributed by atoms with Gasteiger partial charge < -0.3 is 10.8 Å². The predicted molar refractivity (Wildman–Crippen MR) is 82.9 cm³/mol. The van der Waals surface area contributed by atoms with Gasteiger partial charge >= 0.3 is 5.97 Å². The molecule has 4 heteroatoms. The number of hydrogen-bond acceptors (Lipinski definition) is 3. The first-order valence-electron chi connectivity index (χ1n) is 6.36. The number of nitrogens with two attached hydrogens (primary N) is 1. The Hall–Kier alpha value is -1.94. The Labute approximate surface area is 122 Å². The van der Waals surface area contributed by atoms with Crippen molar-refractivity contribution in [1.29, 1.82) is 0 Å². The highest BCUT2D eigenvalue weighted by atomic mass is 32.2. The molecule has 0 aromatic heterocycles. The number of aliphatic carboxylic acids is 1. The summed E-state index contributed by atoms with van der Waals surface area (Å²) in [5.41, 5.74) is 8.50. The molecule has 2 rings (SSSR count). The summed E-state index contributed by atoms with van der Waals surface area (Å²) in [6, 6.07) is 15.5. The molecule has 2 aromatic rings. The molecule has 0 aliphatic rings. The molecule has 2 aromatic carbocycles. The van der Waals surface area contributed by atoms with Gasteiger partial charge in [0.25, 0.3) is 0 Å². The van der Waals surface area contributed by atoms with E-state index in [-0.39, 0.29) is 0 Å². The first kappa shape index (κ1) is 14.5. The van der Waals surface area contributed by atoms with Crippen molar-refractivity contribution in [3.8, 4) is 0 Å². The standard InChI is InChI=1S/C16H17NO2S/c1-11(16(18)19)13-7-5-12(6-8-13)10-20-15-4-2-3-14(17)9-15/h2-9,11H,10,17H2,1H3,(H,18,19). The zero-order chi connectivity index (χ0) is 14.5. The Kier molecular flexibility index (Phi) is 4.69. The lowest BCUT2D eigenvalue weighted by Gasteiger charge is -2.08. The summed E-state index contributed by atoms with van der Waals surface area (Å²) >= 11 is 1.71. The Morgan fingerprint density at radius 2 is 1.95 bits per heavy atom. The molecule has 20 heavy (non-hydrogen) atoms. The van der Waals surface area contributed by atoms with Crippen LogP contribution in [0.25, 0.3) is 0 Å². The van der Waals surface area contributed by atoms with Gasteiger partial charge in [-0.1, -0.05) is 30.3 Å². The third-order valence-electron chi connectivity index (χ3n) is 3.11. The number of carbonyl (C=O) groups is 1. The molecule has 3 nitrogen and oxygen atoms in total. The highest BCUT2D eigenvalue weighted by molar-refractivity contribution is 7.98. The summed E-state index contributed by atoms with van der Waals surface area (Å²) < 4.78 is 0. The number of thioether (sulfide) groups is 1. The first-order valence-corrected chi connectivity index (χ1v) is 7.35. The van der Waals surface area contributed by atoms with Gasteiger partial charge in [-0.3, -0.25) is 4.79 Å². The highest BCUT2D eigenvalue weighted by Crippen LogP contribution is 2.25. The smallest absolute Gasteiger partial charge is 0.310 e. The summed E-state index contributed by atoms with van der Waals surface area (Å²) in [5, 5.41) is 8.97. The van der Waals surface area contributed by atoms with Gasteiger partial charge in [-0.15, -0.1) is 11.8 Å². The van der Waals surface area contributed by atoms with E-state index in [4.69, 9.17) is 10.8 Å². The van der Waals surface area contributed by atoms with Crippen LogP contribution in [0.3, 0.4) is 0 Å². The molecule has 0 amide bonds. The van der Waals surface area contributed by atoms with Crippen molar-refractivity contribution in [2.45, 2.75) is 23.5 Å². The highest BCUT2D eigenvalue weighted by Gasteiger charge is 2.12. The zero-order valence-corrected chi connectivity index (χ0v) is 12.1. The van der Waals surface area contributed by atoms with E-state index in [1.165, 1.54) is 5.56 Å². The van der Waals surface area contributed by atoms with Crippen LogP contribution in [0.1, 0.15) is 24.0 Å². The van der Waals surface area contributed by atoms with Crippen LogP contribution in [-0.4, -0.2) is 11.1 Å². The maximum atomic E-state index is 10.9. The second-order valence-corrected chi connectivity index (χ2v) is 5.71. The Morgan fingerprint density at radius 3 is 2.55 bits per heavy atom. The summed E-state index contributed by atoms with van der Waals surface area (Å²) in [4.78, 5) is 12.0. The van der Waals surface area contributed by atoms with E-state index in [1.807, 2.05) is 48.5 Å². The minimum atomic E-state index is -0.799. The van der Waals surface area contributed by atoms with Crippen molar-refractivity contribution in [2.24, 2.45) is 0 Å². The Bertz CT molecular complexity index is 596.